The smallest absolute Gasteiger partial charge is 0.277 e. The van der Waals surface area contributed by atoms with Crippen LogP contribution in [0, 0.1) is 0 Å². The number of aliphatic hydroxyl groups excluding tert-OH is 2. The number of carbonyl (C=O) groups is 1. The van der Waals surface area contributed by atoms with E-state index in [2.05, 4.69) is 20.7 Å². The monoisotopic (exact) mass is 421 g/mol. The number of benzene rings is 1. The number of aliphatic hydroxyl groups is 2. The Hall–Kier alpha value is -3.69. The number of hydrogen-bond donors (Lipinski definition) is 4. The molecule has 3 aromatic rings. The summed E-state index contributed by atoms with van der Waals surface area (Å²) >= 11 is 0. The molecule has 9 heteroatoms. The summed E-state index contributed by atoms with van der Waals surface area (Å²) in [6.07, 6.45) is 6.15. The van der Waals surface area contributed by atoms with Crippen molar-refractivity contribution in [3.8, 4) is 17.0 Å². The first-order valence-corrected chi connectivity index (χ1v) is 9.87. The lowest BCUT2D eigenvalue weighted by Gasteiger charge is -2.18. The minimum atomic E-state index is -0.979. The van der Waals surface area contributed by atoms with Gasteiger partial charge in [0, 0.05) is 11.6 Å². The molecule has 0 aliphatic carbocycles. The molecule has 1 aliphatic heterocycles. The third-order valence-corrected chi connectivity index (χ3v) is 4.69. The van der Waals surface area contributed by atoms with Gasteiger partial charge < -0.3 is 25.6 Å². The van der Waals surface area contributed by atoms with E-state index in [0.717, 1.165) is 0 Å². The van der Waals surface area contributed by atoms with Crippen LogP contribution in [0.5, 0.6) is 5.75 Å². The number of amides is 1. The van der Waals surface area contributed by atoms with Crippen molar-refractivity contribution < 1.29 is 19.7 Å². The number of allylic oxidation sites excluding steroid dienone is 2. The van der Waals surface area contributed by atoms with E-state index in [-0.39, 0.29) is 30.9 Å². The van der Waals surface area contributed by atoms with E-state index in [4.69, 9.17) is 9.84 Å². The molecule has 1 amide bonds. The average Bonchev–Trinajstić information content (AvgIpc) is 3.21. The quantitative estimate of drug-likeness (QED) is 0.453. The SMILES string of the molecule is CC1C=CC=C(NC(=O)c2cnc3ccc(-c4ccccc4OCC(O)CO)nn23)N1. The standard InChI is InChI=1S/C22H23N5O4/c1-14-5-4-8-20(24-14)25-22(30)18-11-23-21-10-9-17(26-27(18)21)16-6-2-3-7-19(16)31-13-15(29)12-28/h2-11,14-15,24,28-29H,12-13H2,1H3,(H,25,30). The number of nitrogens with zero attached hydrogens (tertiary/aromatic N) is 3. The van der Waals surface area contributed by atoms with Gasteiger partial charge in [-0.15, -0.1) is 0 Å². The third kappa shape index (κ3) is 4.57. The molecule has 0 bridgehead atoms. The van der Waals surface area contributed by atoms with Crippen molar-refractivity contribution in [3.63, 3.8) is 0 Å². The van der Waals surface area contributed by atoms with E-state index in [1.54, 1.807) is 30.3 Å². The van der Waals surface area contributed by atoms with Crippen LogP contribution in [0.25, 0.3) is 16.9 Å². The zero-order valence-corrected chi connectivity index (χ0v) is 16.9. The summed E-state index contributed by atoms with van der Waals surface area (Å²) in [5.74, 6) is 0.770. The Balaban J connectivity index is 1.63. The van der Waals surface area contributed by atoms with Gasteiger partial charge in [0.2, 0.25) is 0 Å². The predicted molar refractivity (Wildman–Crippen MR) is 114 cm³/mol. The zero-order valence-electron chi connectivity index (χ0n) is 16.9. The number of nitrogens with one attached hydrogen (secondary N) is 2. The normalized spacial score (nSPS) is 16.5. The van der Waals surface area contributed by atoms with E-state index >= 15 is 0 Å². The molecular weight excluding hydrogens is 398 g/mol. The lowest BCUT2D eigenvalue weighted by Crippen LogP contribution is -2.37. The summed E-state index contributed by atoms with van der Waals surface area (Å²) in [6, 6.07) is 10.9. The van der Waals surface area contributed by atoms with Crippen LogP contribution < -0.4 is 15.4 Å². The average molecular weight is 421 g/mol. The fourth-order valence-corrected chi connectivity index (χ4v) is 3.14. The number of carbonyl (C=O) groups excluding carboxylic acids is 1. The molecule has 1 aliphatic rings. The summed E-state index contributed by atoms with van der Waals surface area (Å²) in [6.45, 7) is 1.54. The summed E-state index contributed by atoms with van der Waals surface area (Å²) in [5.41, 5.74) is 2.07. The molecule has 1 aromatic carbocycles. The number of dihydropyridines is 1. The lowest BCUT2D eigenvalue weighted by atomic mass is 10.1. The molecule has 4 rings (SSSR count). The van der Waals surface area contributed by atoms with Gasteiger partial charge in [0.1, 0.15) is 24.3 Å². The van der Waals surface area contributed by atoms with Crippen molar-refractivity contribution in [1.82, 2.24) is 25.2 Å². The van der Waals surface area contributed by atoms with Crippen LogP contribution in [0.4, 0.5) is 0 Å². The highest BCUT2D eigenvalue weighted by Gasteiger charge is 2.17. The molecule has 2 aromatic heterocycles. The van der Waals surface area contributed by atoms with Gasteiger partial charge in [-0.2, -0.15) is 5.10 Å². The molecule has 9 nitrogen and oxygen atoms in total. The first-order valence-electron chi connectivity index (χ1n) is 9.87. The highest BCUT2D eigenvalue weighted by Crippen LogP contribution is 2.28. The predicted octanol–water partition coefficient (Wildman–Crippen LogP) is 1.25. The van der Waals surface area contributed by atoms with Gasteiger partial charge in [0.05, 0.1) is 18.5 Å². The van der Waals surface area contributed by atoms with E-state index in [0.29, 0.717) is 28.5 Å². The summed E-state index contributed by atoms with van der Waals surface area (Å²) in [4.78, 5) is 17.1. The Morgan fingerprint density at radius 2 is 2.16 bits per heavy atom. The van der Waals surface area contributed by atoms with E-state index in [1.807, 2.05) is 31.2 Å². The molecular formula is C22H23N5O4. The van der Waals surface area contributed by atoms with Crippen molar-refractivity contribution >= 4 is 11.6 Å². The Kier molecular flexibility index (Phi) is 5.96. The Morgan fingerprint density at radius 1 is 1.32 bits per heavy atom. The van der Waals surface area contributed by atoms with Gasteiger partial charge in [-0.25, -0.2) is 9.50 Å². The van der Waals surface area contributed by atoms with Gasteiger partial charge in [-0.1, -0.05) is 24.3 Å². The number of hydrogen-bond acceptors (Lipinski definition) is 7. The van der Waals surface area contributed by atoms with Crippen molar-refractivity contribution in [1.29, 1.82) is 0 Å². The van der Waals surface area contributed by atoms with Gasteiger partial charge >= 0.3 is 0 Å². The molecule has 2 atom stereocenters. The number of rotatable bonds is 7. The van der Waals surface area contributed by atoms with Gasteiger partial charge in [-0.05, 0) is 37.3 Å². The first-order chi connectivity index (χ1) is 15.0. The van der Waals surface area contributed by atoms with Gasteiger partial charge in [-0.3, -0.25) is 4.79 Å². The van der Waals surface area contributed by atoms with Crippen LogP contribution >= 0.6 is 0 Å². The van der Waals surface area contributed by atoms with Crippen LogP contribution in [0.15, 0.2) is 66.6 Å². The van der Waals surface area contributed by atoms with Crippen LogP contribution in [-0.2, 0) is 0 Å². The maximum absolute atomic E-state index is 12.8. The summed E-state index contributed by atoms with van der Waals surface area (Å²) < 4.78 is 7.13. The first kappa shape index (κ1) is 20.6. The van der Waals surface area contributed by atoms with E-state index in [1.165, 1.54) is 10.7 Å². The second-order valence-corrected chi connectivity index (χ2v) is 7.13. The lowest BCUT2D eigenvalue weighted by molar-refractivity contribution is 0.0538. The Bertz CT molecular complexity index is 1150. The van der Waals surface area contributed by atoms with Crippen molar-refractivity contribution in [3.05, 3.63) is 72.3 Å². The Labute approximate surface area is 178 Å². The molecule has 0 spiro atoms. The Morgan fingerprint density at radius 3 is 2.97 bits per heavy atom. The number of para-hydroxylation sites is 1. The molecule has 0 saturated heterocycles. The zero-order chi connectivity index (χ0) is 21.8. The number of ether oxygens (including phenoxy) is 1. The maximum atomic E-state index is 12.8. The molecule has 4 N–H and O–H groups in total. The molecule has 160 valence electrons. The fourth-order valence-electron chi connectivity index (χ4n) is 3.14. The van der Waals surface area contributed by atoms with Crippen molar-refractivity contribution in [2.75, 3.05) is 13.2 Å². The topological polar surface area (TPSA) is 121 Å². The highest BCUT2D eigenvalue weighted by molar-refractivity contribution is 5.94. The van der Waals surface area contributed by atoms with Crippen LogP contribution in [0.1, 0.15) is 17.4 Å². The van der Waals surface area contributed by atoms with Gasteiger partial charge in [0.15, 0.2) is 11.3 Å². The molecule has 0 radical (unpaired) electrons. The van der Waals surface area contributed by atoms with Crippen molar-refractivity contribution in [2.45, 2.75) is 19.1 Å². The highest BCUT2D eigenvalue weighted by atomic mass is 16.5. The van der Waals surface area contributed by atoms with Crippen LogP contribution in [-0.4, -0.2) is 56.1 Å². The minimum Gasteiger partial charge on any atom is -0.490 e. The number of imidazole rings is 1. The molecule has 0 fully saturated rings. The van der Waals surface area contributed by atoms with E-state index < -0.39 is 6.10 Å². The summed E-state index contributed by atoms with van der Waals surface area (Å²) in [5, 5.41) is 29.2. The largest absolute Gasteiger partial charge is 0.490 e. The van der Waals surface area contributed by atoms with E-state index in [9.17, 15) is 9.90 Å². The van der Waals surface area contributed by atoms with Gasteiger partial charge in [0.25, 0.3) is 5.91 Å². The van der Waals surface area contributed by atoms with Crippen molar-refractivity contribution in [2.24, 2.45) is 0 Å². The molecule has 31 heavy (non-hydrogen) atoms. The molecule has 3 heterocycles. The fraction of sp³-hybridized carbons (Fsp3) is 0.227. The molecule has 2 unspecified atom stereocenters. The summed E-state index contributed by atoms with van der Waals surface area (Å²) in [7, 11) is 0. The number of fused-ring (bicyclic) bond motifs is 1. The second-order valence-electron chi connectivity index (χ2n) is 7.13. The van der Waals surface area contributed by atoms with Crippen LogP contribution in [0.2, 0.25) is 0 Å². The van der Waals surface area contributed by atoms with Crippen LogP contribution in [0.3, 0.4) is 0 Å². The minimum absolute atomic E-state index is 0.0521. The molecule has 0 saturated carbocycles. The number of aromatic nitrogens is 3. The maximum Gasteiger partial charge on any atom is 0.277 e. The second kappa shape index (κ2) is 8.99. The third-order valence-electron chi connectivity index (χ3n) is 4.69.